The molecule has 0 amide bonds. The first kappa shape index (κ1) is 12.7. The number of halogens is 1. The monoisotopic (exact) mass is 244 g/mol. The fraction of sp³-hybridized carbons (Fsp3) is 0.200. The van der Waals surface area contributed by atoms with Crippen LogP contribution in [-0.4, -0.2) is 0 Å². The van der Waals surface area contributed by atoms with Crippen LogP contribution < -0.4 is 11.3 Å². The van der Waals surface area contributed by atoms with Crippen LogP contribution in [0.25, 0.3) is 0 Å². The highest BCUT2D eigenvalue weighted by Crippen LogP contribution is 2.26. The van der Waals surface area contributed by atoms with Crippen LogP contribution in [0.2, 0.25) is 0 Å². The van der Waals surface area contributed by atoms with Crippen molar-refractivity contribution >= 4 is 0 Å². The fourth-order valence-corrected chi connectivity index (χ4v) is 2.22. The Morgan fingerprint density at radius 2 is 1.67 bits per heavy atom. The third kappa shape index (κ3) is 2.42. The van der Waals surface area contributed by atoms with Crippen molar-refractivity contribution in [3.05, 3.63) is 70.5 Å². The highest BCUT2D eigenvalue weighted by atomic mass is 19.1. The van der Waals surface area contributed by atoms with E-state index < -0.39 is 0 Å². The minimum atomic E-state index is -0.225. The van der Waals surface area contributed by atoms with Crippen LogP contribution in [0, 0.1) is 19.7 Å². The van der Waals surface area contributed by atoms with Crippen LogP contribution in [-0.2, 0) is 0 Å². The van der Waals surface area contributed by atoms with Crippen molar-refractivity contribution in [2.75, 3.05) is 0 Å². The summed E-state index contributed by atoms with van der Waals surface area (Å²) >= 11 is 0. The first-order valence-electron chi connectivity index (χ1n) is 5.91. The van der Waals surface area contributed by atoms with Crippen molar-refractivity contribution in [1.29, 1.82) is 0 Å². The van der Waals surface area contributed by atoms with Gasteiger partial charge in [0, 0.05) is 0 Å². The molecular formula is C15H17FN2. The van der Waals surface area contributed by atoms with Crippen LogP contribution in [0.4, 0.5) is 4.39 Å². The molecule has 0 aliphatic rings. The zero-order valence-corrected chi connectivity index (χ0v) is 10.6. The van der Waals surface area contributed by atoms with Crippen molar-refractivity contribution in [3.8, 4) is 0 Å². The third-order valence-electron chi connectivity index (χ3n) is 3.21. The van der Waals surface area contributed by atoms with Gasteiger partial charge in [-0.25, -0.2) is 9.82 Å². The molecule has 0 aromatic heterocycles. The second-order valence-corrected chi connectivity index (χ2v) is 4.46. The number of hydrazine groups is 1. The molecule has 0 bridgehead atoms. The lowest BCUT2D eigenvalue weighted by molar-refractivity contribution is 0.611. The highest BCUT2D eigenvalue weighted by Gasteiger charge is 2.16. The molecule has 0 spiro atoms. The summed E-state index contributed by atoms with van der Waals surface area (Å²) in [6.07, 6.45) is 0. The van der Waals surface area contributed by atoms with Crippen LogP contribution >= 0.6 is 0 Å². The van der Waals surface area contributed by atoms with Gasteiger partial charge in [0.2, 0.25) is 0 Å². The summed E-state index contributed by atoms with van der Waals surface area (Å²) in [7, 11) is 0. The lowest BCUT2D eigenvalue weighted by Gasteiger charge is -2.21. The summed E-state index contributed by atoms with van der Waals surface area (Å²) < 4.78 is 13.1. The number of hydrogen-bond acceptors (Lipinski definition) is 2. The van der Waals surface area contributed by atoms with Crippen molar-refractivity contribution in [2.45, 2.75) is 19.9 Å². The molecule has 0 fully saturated rings. The summed E-state index contributed by atoms with van der Waals surface area (Å²) in [6, 6.07) is 12.7. The van der Waals surface area contributed by atoms with Gasteiger partial charge in [-0.05, 0) is 48.2 Å². The largest absolute Gasteiger partial charge is 0.271 e. The molecule has 1 unspecified atom stereocenters. The Bertz CT molecular complexity index is 552. The van der Waals surface area contributed by atoms with Crippen molar-refractivity contribution in [2.24, 2.45) is 5.84 Å². The van der Waals surface area contributed by atoms with E-state index in [0.29, 0.717) is 0 Å². The minimum absolute atomic E-state index is 0.119. The Kier molecular flexibility index (Phi) is 3.75. The van der Waals surface area contributed by atoms with Crippen molar-refractivity contribution in [3.63, 3.8) is 0 Å². The topological polar surface area (TPSA) is 38.0 Å². The molecule has 3 N–H and O–H groups in total. The minimum Gasteiger partial charge on any atom is -0.271 e. The number of aryl methyl sites for hydroxylation is 2. The molecule has 0 saturated heterocycles. The van der Waals surface area contributed by atoms with E-state index in [4.69, 9.17) is 5.84 Å². The van der Waals surface area contributed by atoms with E-state index in [0.717, 1.165) is 22.3 Å². The average Bonchev–Trinajstić information content (AvgIpc) is 2.34. The average molecular weight is 244 g/mol. The molecule has 2 rings (SSSR count). The first-order chi connectivity index (χ1) is 8.63. The van der Waals surface area contributed by atoms with Gasteiger partial charge < -0.3 is 0 Å². The fourth-order valence-electron chi connectivity index (χ4n) is 2.22. The molecule has 18 heavy (non-hydrogen) atoms. The molecule has 2 aromatic carbocycles. The van der Waals surface area contributed by atoms with E-state index in [-0.39, 0.29) is 11.9 Å². The van der Waals surface area contributed by atoms with E-state index in [1.807, 2.05) is 38.1 Å². The normalized spacial score (nSPS) is 12.4. The summed E-state index contributed by atoms with van der Waals surface area (Å²) in [5.41, 5.74) is 6.96. The Morgan fingerprint density at radius 3 is 2.28 bits per heavy atom. The van der Waals surface area contributed by atoms with Crippen molar-refractivity contribution in [1.82, 2.24) is 5.43 Å². The summed E-state index contributed by atoms with van der Waals surface area (Å²) in [6.45, 7) is 3.93. The molecule has 3 heteroatoms. The van der Waals surface area contributed by atoms with Gasteiger partial charge in [0.15, 0.2) is 0 Å². The van der Waals surface area contributed by atoms with Gasteiger partial charge >= 0.3 is 0 Å². The van der Waals surface area contributed by atoms with Gasteiger partial charge in [0.25, 0.3) is 0 Å². The molecule has 0 aliphatic carbocycles. The predicted octanol–water partition coefficient (Wildman–Crippen LogP) is 3.00. The third-order valence-corrected chi connectivity index (χ3v) is 3.21. The Labute approximate surface area is 107 Å². The molecule has 0 saturated carbocycles. The Balaban J connectivity index is 2.49. The quantitative estimate of drug-likeness (QED) is 0.643. The molecular weight excluding hydrogens is 227 g/mol. The molecule has 0 aliphatic heterocycles. The van der Waals surface area contributed by atoms with Gasteiger partial charge in [-0.15, -0.1) is 0 Å². The van der Waals surface area contributed by atoms with Crippen LogP contribution in [0.15, 0.2) is 42.5 Å². The van der Waals surface area contributed by atoms with E-state index >= 15 is 0 Å². The zero-order chi connectivity index (χ0) is 13.1. The van der Waals surface area contributed by atoms with E-state index in [2.05, 4.69) is 5.43 Å². The second-order valence-electron chi connectivity index (χ2n) is 4.46. The standard InChI is InChI=1S/C15H17FN2/c1-10-5-3-4-6-13(10)15(18-17)14-8-7-12(16)9-11(14)2/h3-9,15,18H,17H2,1-2H3. The van der Waals surface area contributed by atoms with Crippen LogP contribution in [0.1, 0.15) is 28.3 Å². The SMILES string of the molecule is Cc1ccccc1C(NN)c1ccc(F)cc1C. The number of nitrogens with two attached hydrogens (primary N) is 1. The van der Waals surface area contributed by atoms with Gasteiger partial charge in [-0.1, -0.05) is 30.3 Å². The van der Waals surface area contributed by atoms with Gasteiger partial charge in [-0.2, -0.15) is 0 Å². The maximum atomic E-state index is 13.1. The maximum Gasteiger partial charge on any atom is 0.123 e. The molecule has 0 radical (unpaired) electrons. The second kappa shape index (κ2) is 5.29. The summed E-state index contributed by atoms with van der Waals surface area (Å²) in [5, 5.41) is 0. The van der Waals surface area contributed by atoms with Crippen LogP contribution in [0.3, 0.4) is 0 Å². The van der Waals surface area contributed by atoms with Gasteiger partial charge in [0.05, 0.1) is 6.04 Å². The molecule has 2 aromatic rings. The molecule has 1 atom stereocenters. The lowest BCUT2D eigenvalue weighted by atomic mass is 9.93. The first-order valence-corrected chi connectivity index (χ1v) is 5.91. The Hall–Kier alpha value is -1.71. The van der Waals surface area contributed by atoms with E-state index in [1.165, 1.54) is 12.1 Å². The summed E-state index contributed by atoms with van der Waals surface area (Å²) in [5.74, 6) is 5.44. The molecule has 2 nitrogen and oxygen atoms in total. The summed E-state index contributed by atoms with van der Waals surface area (Å²) in [4.78, 5) is 0. The van der Waals surface area contributed by atoms with Crippen LogP contribution in [0.5, 0.6) is 0 Å². The highest BCUT2D eigenvalue weighted by molar-refractivity contribution is 5.40. The lowest BCUT2D eigenvalue weighted by Crippen LogP contribution is -2.29. The zero-order valence-electron chi connectivity index (χ0n) is 10.6. The van der Waals surface area contributed by atoms with E-state index in [1.54, 1.807) is 6.07 Å². The number of hydrogen-bond donors (Lipinski definition) is 2. The molecule has 0 heterocycles. The molecule has 94 valence electrons. The maximum absolute atomic E-state index is 13.1. The van der Waals surface area contributed by atoms with Gasteiger partial charge in [0.1, 0.15) is 5.82 Å². The number of benzene rings is 2. The number of nitrogens with one attached hydrogen (secondary N) is 1. The van der Waals surface area contributed by atoms with E-state index in [9.17, 15) is 4.39 Å². The van der Waals surface area contributed by atoms with Crippen molar-refractivity contribution < 1.29 is 4.39 Å². The predicted molar refractivity (Wildman–Crippen MR) is 71.5 cm³/mol. The van der Waals surface area contributed by atoms with Gasteiger partial charge in [-0.3, -0.25) is 5.84 Å². The smallest absolute Gasteiger partial charge is 0.123 e. The Morgan fingerprint density at radius 1 is 1.00 bits per heavy atom. The number of rotatable bonds is 3.